The van der Waals surface area contributed by atoms with Crippen molar-refractivity contribution >= 4 is 23.2 Å². The summed E-state index contributed by atoms with van der Waals surface area (Å²) in [4.78, 5) is 20.5. The van der Waals surface area contributed by atoms with E-state index in [0.717, 1.165) is 11.1 Å². The van der Waals surface area contributed by atoms with Gasteiger partial charge in [0.05, 0.1) is 0 Å². The van der Waals surface area contributed by atoms with Gasteiger partial charge in [-0.05, 0) is 60.7 Å². The van der Waals surface area contributed by atoms with E-state index >= 15 is 0 Å². The average molecular weight is 377 g/mol. The van der Waals surface area contributed by atoms with E-state index < -0.39 is 0 Å². The van der Waals surface area contributed by atoms with Gasteiger partial charge in [-0.25, -0.2) is 0 Å². The summed E-state index contributed by atoms with van der Waals surface area (Å²) in [6.45, 7) is 0. The van der Waals surface area contributed by atoms with Crippen LogP contribution in [0.1, 0.15) is 10.4 Å². The number of nitrogens with zero attached hydrogens (tertiary/aromatic N) is 3. The lowest BCUT2D eigenvalue weighted by Crippen LogP contribution is -2.11. The normalized spacial score (nSPS) is 10.6. The van der Waals surface area contributed by atoms with Gasteiger partial charge in [-0.15, -0.1) is 0 Å². The summed E-state index contributed by atoms with van der Waals surface area (Å²) in [6.07, 6.45) is 3.15. The Morgan fingerprint density at radius 2 is 1.56 bits per heavy atom. The number of halogens is 1. The largest absolute Gasteiger partial charge is 0.334 e. The number of pyridine rings is 1. The highest BCUT2D eigenvalue weighted by molar-refractivity contribution is 6.30. The van der Waals surface area contributed by atoms with Crippen LogP contribution in [0.3, 0.4) is 0 Å². The lowest BCUT2D eigenvalue weighted by molar-refractivity contribution is 0.102. The molecule has 7 heteroatoms. The standard InChI is InChI=1S/C20H13ClN4O2/c21-16-5-1-13(2-6-16)18-24-20(27-25-18)15-3-7-17(8-4-15)23-19(26)14-9-11-22-12-10-14/h1-12H,(H,23,26). The van der Waals surface area contributed by atoms with Crippen molar-refractivity contribution in [3.8, 4) is 22.8 Å². The minimum absolute atomic E-state index is 0.201. The number of benzene rings is 2. The molecule has 0 saturated heterocycles. The highest BCUT2D eigenvalue weighted by atomic mass is 35.5. The molecule has 0 bridgehead atoms. The lowest BCUT2D eigenvalue weighted by atomic mass is 10.2. The van der Waals surface area contributed by atoms with Crippen molar-refractivity contribution in [2.75, 3.05) is 5.32 Å². The van der Waals surface area contributed by atoms with E-state index in [9.17, 15) is 4.79 Å². The Morgan fingerprint density at radius 1 is 0.889 bits per heavy atom. The molecule has 0 aliphatic heterocycles. The molecule has 0 aliphatic rings. The van der Waals surface area contributed by atoms with E-state index in [1.165, 1.54) is 0 Å². The van der Waals surface area contributed by atoms with E-state index in [-0.39, 0.29) is 5.91 Å². The van der Waals surface area contributed by atoms with E-state index in [0.29, 0.717) is 28.0 Å². The fourth-order valence-electron chi connectivity index (χ4n) is 2.46. The highest BCUT2D eigenvalue weighted by Crippen LogP contribution is 2.24. The number of hydrogen-bond donors (Lipinski definition) is 1. The van der Waals surface area contributed by atoms with Gasteiger partial charge in [-0.1, -0.05) is 16.8 Å². The maximum Gasteiger partial charge on any atom is 0.258 e. The molecule has 0 aliphatic carbocycles. The number of carbonyl (C=O) groups excluding carboxylic acids is 1. The maximum absolute atomic E-state index is 12.2. The summed E-state index contributed by atoms with van der Waals surface area (Å²) in [7, 11) is 0. The molecule has 0 fully saturated rings. The summed E-state index contributed by atoms with van der Waals surface area (Å²) in [5.41, 5.74) is 2.77. The zero-order valence-corrected chi connectivity index (χ0v) is 14.7. The number of rotatable bonds is 4. The molecule has 2 aromatic heterocycles. The highest BCUT2D eigenvalue weighted by Gasteiger charge is 2.11. The zero-order valence-electron chi connectivity index (χ0n) is 14.0. The van der Waals surface area contributed by atoms with Crippen LogP contribution in [0.2, 0.25) is 5.02 Å². The van der Waals surface area contributed by atoms with Crippen LogP contribution in [0.15, 0.2) is 77.6 Å². The smallest absolute Gasteiger partial charge is 0.258 e. The Hall–Kier alpha value is -3.51. The zero-order chi connectivity index (χ0) is 18.6. The average Bonchev–Trinajstić information content (AvgIpc) is 3.20. The summed E-state index contributed by atoms with van der Waals surface area (Å²) in [5.74, 6) is 0.677. The van der Waals surface area contributed by atoms with Crippen molar-refractivity contribution in [2.24, 2.45) is 0 Å². The van der Waals surface area contributed by atoms with Crippen molar-refractivity contribution in [1.82, 2.24) is 15.1 Å². The van der Waals surface area contributed by atoms with Gasteiger partial charge in [0.1, 0.15) is 0 Å². The first-order valence-corrected chi connectivity index (χ1v) is 8.48. The van der Waals surface area contributed by atoms with Gasteiger partial charge in [0, 0.05) is 39.8 Å². The van der Waals surface area contributed by atoms with Crippen LogP contribution in [0.5, 0.6) is 0 Å². The third kappa shape index (κ3) is 3.86. The van der Waals surface area contributed by atoms with E-state index in [4.69, 9.17) is 16.1 Å². The number of amides is 1. The van der Waals surface area contributed by atoms with Crippen LogP contribution in [-0.4, -0.2) is 21.0 Å². The van der Waals surface area contributed by atoms with Crippen molar-refractivity contribution in [3.05, 3.63) is 83.6 Å². The van der Waals surface area contributed by atoms with Gasteiger partial charge >= 0.3 is 0 Å². The van der Waals surface area contributed by atoms with Crippen LogP contribution in [-0.2, 0) is 0 Å². The summed E-state index contributed by atoms with van der Waals surface area (Å²) in [6, 6.07) is 17.7. The fourth-order valence-corrected chi connectivity index (χ4v) is 2.59. The van der Waals surface area contributed by atoms with Gasteiger partial charge in [-0.3, -0.25) is 9.78 Å². The molecule has 6 nitrogen and oxygen atoms in total. The molecule has 0 spiro atoms. The quantitative estimate of drug-likeness (QED) is 0.558. The van der Waals surface area contributed by atoms with Crippen molar-refractivity contribution < 1.29 is 9.32 Å². The van der Waals surface area contributed by atoms with Crippen LogP contribution >= 0.6 is 11.6 Å². The van der Waals surface area contributed by atoms with E-state index in [1.54, 1.807) is 60.9 Å². The fraction of sp³-hybridized carbons (Fsp3) is 0. The molecule has 0 unspecified atom stereocenters. The Morgan fingerprint density at radius 3 is 2.26 bits per heavy atom. The van der Waals surface area contributed by atoms with Gasteiger partial charge in [-0.2, -0.15) is 4.98 Å². The Bertz CT molecular complexity index is 1060. The second kappa shape index (κ2) is 7.39. The van der Waals surface area contributed by atoms with Crippen LogP contribution < -0.4 is 5.32 Å². The van der Waals surface area contributed by atoms with Crippen molar-refractivity contribution in [1.29, 1.82) is 0 Å². The molecule has 1 N–H and O–H groups in total. The van der Waals surface area contributed by atoms with Crippen molar-refractivity contribution in [2.45, 2.75) is 0 Å². The molecule has 4 rings (SSSR count). The summed E-state index contributed by atoms with van der Waals surface area (Å²) < 4.78 is 5.34. The predicted molar refractivity (Wildman–Crippen MR) is 102 cm³/mol. The molecule has 0 radical (unpaired) electrons. The first kappa shape index (κ1) is 16.9. The van der Waals surface area contributed by atoms with Crippen LogP contribution in [0.4, 0.5) is 5.69 Å². The van der Waals surface area contributed by atoms with Gasteiger partial charge < -0.3 is 9.84 Å². The minimum Gasteiger partial charge on any atom is -0.334 e. The monoisotopic (exact) mass is 376 g/mol. The molecule has 1 amide bonds. The Kier molecular flexibility index (Phi) is 4.63. The van der Waals surface area contributed by atoms with Crippen LogP contribution in [0.25, 0.3) is 22.8 Å². The van der Waals surface area contributed by atoms with Gasteiger partial charge in [0.15, 0.2) is 0 Å². The Balaban J connectivity index is 1.49. The maximum atomic E-state index is 12.2. The number of anilines is 1. The van der Waals surface area contributed by atoms with E-state index in [1.807, 2.05) is 12.1 Å². The minimum atomic E-state index is -0.201. The van der Waals surface area contributed by atoms with Gasteiger partial charge in [0.25, 0.3) is 11.8 Å². The molecule has 4 aromatic rings. The first-order chi connectivity index (χ1) is 13.2. The molecule has 27 heavy (non-hydrogen) atoms. The van der Waals surface area contributed by atoms with Crippen molar-refractivity contribution in [3.63, 3.8) is 0 Å². The summed E-state index contributed by atoms with van der Waals surface area (Å²) in [5, 5.41) is 7.47. The SMILES string of the molecule is O=C(Nc1ccc(-c2nc(-c3ccc(Cl)cc3)no2)cc1)c1ccncc1. The molecular weight excluding hydrogens is 364 g/mol. The predicted octanol–water partition coefficient (Wildman–Crippen LogP) is 4.70. The molecule has 2 heterocycles. The van der Waals surface area contributed by atoms with Crippen LogP contribution in [0, 0.1) is 0 Å². The Labute approximate surface area is 159 Å². The van der Waals surface area contributed by atoms with E-state index in [2.05, 4.69) is 20.4 Å². The third-order valence-electron chi connectivity index (χ3n) is 3.86. The number of aromatic nitrogens is 3. The number of carbonyl (C=O) groups is 1. The molecule has 132 valence electrons. The number of hydrogen-bond acceptors (Lipinski definition) is 5. The van der Waals surface area contributed by atoms with Gasteiger partial charge in [0.2, 0.25) is 5.82 Å². The first-order valence-electron chi connectivity index (χ1n) is 8.10. The summed E-state index contributed by atoms with van der Waals surface area (Å²) >= 11 is 5.89. The number of nitrogens with one attached hydrogen (secondary N) is 1. The topological polar surface area (TPSA) is 80.9 Å². The molecular formula is C20H13ClN4O2. The molecule has 0 atom stereocenters. The third-order valence-corrected chi connectivity index (χ3v) is 4.11. The molecule has 0 saturated carbocycles. The second-order valence-electron chi connectivity index (χ2n) is 5.70. The lowest BCUT2D eigenvalue weighted by Gasteiger charge is -2.05. The second-order valence-corrected chi connectivity index (χ2v) is 6.13. The molecule has 2 aromatic carbocycles.